The average molecular weight is 841 g/mol. The van der Waals surface area contributed by atoms with Crippen LogP contribution in [0.5, 0.6) is 0 Å². The SMILES string of the molecule is COC(=O)NN(C(=O)C1CCCCC1c1ncc(-c2ccc3cc(-c4ccc(-c5cnc([C@@H]6CCCCC6C(=O)N(CC(=O)NC6CC6)C(C)C)[nH]5)cc4)ccc3c2)[nH]1)C(C)C. The third-order valence-electron chi connectivity index (χ3n) is 13.1. The fraction of sp³-hybridized carbons (Fsp3) is 0.469. The van der Waals surface area contributed by atoms with E-state index in [1.54, 1.807) is 4.90 Å². The summed E-state index contributed by atoms with van der Waals surface area (Å²) < 4.78 is 4.78. The molecule has 3 fully saturated rings. The highest BCUT2D eigenvalue weighted by molar-refractivity contribution is 5.91. The summed E-state index contributed by atoms with van der Waals surface area (Å²) in [6.07, 6.45) is 12.3. The van der Waals surface area contributed by atoms with Gasteiger partial charge in [0.2, 0.25) is 17.7 Å². The van der Waals surface area contributed by atoms with Gasteiger partial charge < -0.3 is 24.9 Å². The number of hydrogen-bond acceptors (Lipinski definition) is 7. The van der Waals surface area contributed by atoms with Gasteiger partial charge in [-0.15, -0.1) is 0 Å². The highest BCUT2D eigenvalue weighted by Gasteiger charge is 2.39. The molecule has 0 saturated heterocycles. The fourth-order valence-corrected chi connectivity index (χ4v) is 9.43. The summed E-state index contributed by atoms with van der Waals surface area (Å²) in [6, 6.07) is 21.3. The normalized spacial score (nSPS) is 20.2. The summed E-state index contributed by atoms with van der Waals surface area (Å²) in [5, 5.41) is 6.65. The number of carbonyl (C=O) groups excluding carboxylic acids is 4. The molecular weight excluding hydrogens is 781 g/mol. The van der Waals surface area contributed by atoms with Crippen LogP contribution in [0.1, 0.15) is 115 Å². The van der Waals surface area contributed by atoms with Gasteiger partial charge in [0.1, 0.15) is 11.6 Å². The lowest BCUT2D eigenvalue weighted by molar-refractivity contribution is -0.143. The predicted octanol–water partition coefficient (Wildman–Crippen LogP) is 8.86. The Balaban J connectivity index is 0.938. The molecule has 62 heavy (non-hydrogen) atoms. The monoisotopic (exact) mass is 840 g/mol. The summed E-state index contributed by atoms with van der Waals surface area (Å²) in [7, 11) is 1.29. The number of imidazole rings is 2. The number of benzene rings is 3. The summed E-state index contributed by atoms with van der Waals surface area (Å²) in [5.41, 5.74) is 8.66. The quantitative estimate of drug-likeness (QED) is 0.0912. The van der Waals surface area contributed by atoms with Crippen molar-refractivity contribution >= 4 is 34.6 Å². The molecule has 5 aromatic rings. The number of methoxy groups -OCH3 is 1. The van der Waals surface area contributed by atoms with E-state index >= 15 is 0 Å². The van der Waals surface area contributed by atoms with E-state index in [1.165, 1.54) is 12.1 Å². The Morgan fingerprint density at radius 3 is 1.74 bits per heavy atom. The Kier molecular flexibility index (Phi) is 12.8. The Hall–Kier alpha value is -5.98. The van der Waals surface area contributed by atoms with E-state index in [0.717, 1.165) is 120 Å². The molecule has 3 aliphatic carbocycles. The third-order valence-corrected chi connectivity index (χ3v) is 13.1. The van der Waals surface area contributed by atoms with Gasteiger partial charge in [-0.25, -0.2) is 25.2 Å². The van der Waals surface area contributed by atoms with Crippen LogP contribution in [0.25, 0.3) is 44.4 Å². The summed E-state index contributed by atoms with van der Waals surface area (Å²) in [4.78, 5) is 71.0. The third kappa shape index (κ3) is 9.41. The number of hydrazine groups is 1. The Labute approximate surface area is 363 Å². The van der Waals surface area contributed by atoms with Gasteiger partial charge in [-0.1, -0.05) is 74.2 Å². The van der Waals surface area contributed by atoms with E-state index in [4.69, 9.17) is 14.7 Å². The van der Waals surface area contributed by atoms with Gasteiger partial charge in [-0.2, -0.15) is 0 Å². The first-order chi connectivity index (χ1) is 30.0. The average Bonchev–Trinajstić information content (AvgIpc) is 3.72. The number of nitrogens with zero attached hydrogens (tertiary/aromatic N) is 4. The molecule has 2 aromatic heterocycles. The second-order valence-electron chi connectivity index (χ2n) is 18.0. The van der Waals surface area contributed by atoms with Crippen LogP contribution < -0.4 is 10.7 Å². The maximum absolute atomic E-state index is 14.0. The van der Waals surface area contributed by atoms with Gasteiger partial charge in [0.05, 0.1) is 37.4 Å². The van der Waals surface area contributed by atoms with E-state index in [2.05, 4.69) is 81.4 Å². The number of nitrogens with one attached hydrogen (secondary N) is 4. The second kappa shape index (κ2) is 18.6. The number of aromatic amines is 2. The second-order valence-corrected chi connectivity index (χ2v) is 18.0. The summed E-state index contributed by atoms with van der Waals surface area (Å²) in [6.45, 7) is 7.81. The molecule has 8 rings (SSSR count). The minimum atomic E-state index is -0.664. The fourth-order valence-electron chi connectivity index (χ4n) is 9.43. The van der Waals surface area contributed by atoms with E-state index in [1.807, 2.05) is 40.1 Å². The van der Waals surface area contributed by atoms with E-state index in [9.17, 15) is 19.2 Å². The first-order valence-electron chi connectivity index (χ1n) is 22.5. The number of rotatable bonds is 12. The summed E-state index contributed by atoms with van der Waals surface area (Å²) >= 11 is 0. The van der Waals surface area contributed by atoms with Gasteiger partial charge in [0.25, 0.3) is 0 Å². The lowest BCUT2D eigenvalue weighted by Crippen LogP contribution is -2.53. The molecule has 13 nitrogen and oxygen atoms in total. The zero-order valence-corrected chi connectivity index (χ0v) is 36.6. The molecule has 0 spiro atoms. The molecule has 4 N–H and O–H groups in total. The van der Waals surface area contributed by atoms with Crippen LogP contribution >= 0.6 is 0 Å². The van der Waals surface area contributed by atoms with Crippen LogP contribution in [0.15, 0.2) is 73.1 Å². The number of hydrogen-bond donors (Lipinski definition) is 4. The standard InChI is InChI=1S/C49H60N8O5/c1-29(2)56(28-44(58)52-37-22-23-37)47(59)40-12-8-6-10-38(40)45-50-26-42(53-45)32-16-14-31(15-17-32)33-18-19-35-25-36(21-20-34(35)24-33)43-27-51-46(54-43)39-11-7-9-13-41(39)48(60)57(30(3)4)55-49(61)62-5/h14-21,24-27,29-30,37-41H,6-13,22-23,28H2,1-5H3,(H,50,53)(H,51,54)(H,52,58)(H,55,61)/t38-,39?,40?,41?/m1/s1. The van der Waals surface area contributed by atoms with Gasteiger partial charge in [0.15, 0.2) is 0 Å². The first kappa shape index (κ1) is 42.7. The van der Waals surface area contributed by atoms with E-state index < -0.39 is 6.09 Å². The Morgan fingerprint density at radius 1 is 0.661 bits per heavy atom. The molecule has 0 radical (unpaired) electrons. The largest absolute Gasteiger partial charge is 0.452 e. The van der Waals surface area contributed by atoms with Crippen molar-refractivity contribution in [2.24, 2.45) is 11.8 Å². The molecule has 3 unspecified atom stereocenters. The van der Waals surface area contributed by atoms with Crippen molar-refractivity contribution in [1.82, 2.24) is 40.6 Å². The van der Waals surface area contributed by atoms with Crippen molar-refractivity contribution in [2.45, 2.75) is 122 Å². The van der Waals surface area contributed by atoms with Crippen LogP contribution in [-0.2, 0) is 19.1 Å². The van der Waals surface area contributed by atoms with Gasteiger partial charge >= 0.3 is 6.09 Å². The minimum Gasteiger partial charge on any atom is -0.452 e. The Morgan fingerprint density at radius 2 is 1.18 bits per heavy atom. The predicted molar refractivity (Wildman–Crippen MR) is 239 cm³/mol. The van der Waals surface area contributed by atoms with Crippen LogP contribution in [0, 0.1) is 11.8 Å². The van der Waals surface area contributed by atoms with Crippen LogP contribution in [0.2, 0.25) is 0 Å². The lowest BCUT2D eigenvalue weighted by Gasteiger charge is -2.35. The number of aromatic nitrogens is 4. The molecule has 2 heterocycles. The molecule has 0 aliphatic heterocycles. The molecule has 0 bridgehead atoms. The van der Waals surface area contributed by atoms with Crippen molar-refractivity contribution in [3.8, 4) is 33.6 Å². The van der Waals surface area contributed by atoms with E-state index in [-0.39, 0.29) is 66.1 Å². The molecule has 4 atom stereocenters. The maximum Gasteiger partial charge on any atom is 0.425 e. The zero-order valence-electron chi connectivity index (χ0n) is 36.6. The highest BCUT2D eigenvalue weighted by atomic mass is 16.5. The van der Waals surface area contributed by atoms with Gasteiger partial charge in [-0.05, 0) is 106 Å². The van der Waals surface area contributed by atoms with E-state index in [0.29, 0.717) is 0 Å². The smallest absolute Gasteiger partial charge is 0.425 e. The first-order valence-corrected chi connectivity index (χ1v) is 22.5. The lowest BCUT2D eigenvalue weighted by atomic mass is 9.77. The van der Waals surface area contributed by atoms with Crippen LogP contribution in [0.4, 0.5) is 4.79 Å². The Bertz CT molecular complexity index is 2400. The molecule has 3 saturated carbocycles. The van der Waals surface area contributed by atoms with Crippen molar-refractivity contribution in [3.05, 3.63) is 84.7 Å². The van der Waals surface area contributed by atoms with Crippen LogP contribution in [-0.4, -0.2) is 85.4 Å². The van der Waals surface area contributed by atoms with Crippen molar-refractivity contribution in [1.29, 1.82) is 0 Å². The minimum absolute atomic E-state index is 0.0235. The van der Waals surface area contributed by atoms with Crippen LogP contribution in [0.3, 0.4) is 0 Å². The number of fused-ring (bicyclic) bond motifs is 1. The molecule has 3 aromatic carbocycles. The van der Waals surface area contributed by atoms with Gasteiger partial charge in [-0.3, -0.25) is 14.4 Å². The molecule has 326 valence electrons. The topological polar surface area (TPSA) is 165 Å². The highest BCUT2D eigenvalue weighted by Crippen LogP contribution is 2.40. The number of ether oxygens (including phenoxy) is 1. The summed E-state index contributed by atoms with van der Waals surface area (Å²) in [5.74, 6) is 0.838. The van der Waals surface area contributed by atoms with Gasteiger partial charge in [0, 0.05) is 47.4 Å². The van der Waals surface area contributed by atoms with Crippen molar-refractivity contribution < 1.29 is 23.9 Å². The van der Waals surface area contributed by atoms with Crippen molar-refractivity contribution in [3.63, 3.8) is 0 Å². The van der Waals surface area contributed by atoms with Crippen molar-refractivity contribution in [2.75, 3.05) is 13.7 Å². The number of amides is 4. The molecular formula is C49H60N8O5. The number of carbonyl (C=O) groups is 4. The molecule has 4 amide bonds. The molecule has 13 heteroatoms. The zero-order chi connectivity index (χ0) is 43.5. The maximum atomic E-state index is 14.0. The molecule has 3 aliphatic rings. The number of H-pyrrole nitrogens is 2.